The Balaban J connectivity index is 2.15. The number of nitrogens with zero attached hydrogens (tertiary/aromatic N) is 2. The lowest BCUT2D eigenvalue weighted by molar-refractivity contribution is -0.117. The Labute approximate surface area is 102 Å². The minimum atomic E-state index is 0.269. The Hall–Kier alpha value is -1.61. The summed E-state index contributed by atoms with van der Waals surface area (Å²) in [6.07, 6.45) is 2.58. The van der Waals surface area contributed by atoms with Crippen LogP contribution in [0.25, 0.3) is 0 Å². The predicted molar refractivity (Wildman–Crippen MR) is 70.0 cm³/mol. The average molecular weight is 230 g/mol. The zero-order valence-corrected chi connectivity index (χ0v) is 10.4. The van der Waals surface area contributed by atoms with E-state index in [9.17, 15) is 4.79 Å². The van der Waals surface area contributed by atoms with Crippen LogP contribution in [0.3, 0.4) is 0 Å². The van der Waals surface area contributed by atoms with Crippen LogP contribution in [0, 0.1) is 0 Å². The standard InChI is InChI=1S/C14H18N2O/c1-15-9-8-14(17)12(10-15)11-16(2)13-6-4-3-5-7-13/h3-7,11H,8-10H2,1-2H3/b12-11+. The van der Waals surface area contributed by atoms with Crippen molar-refractivity contribution in [2.75, 3.05) is 32.1 Å². The number of likely N-dealkylation sites (N-methyl/N-ethyl adjacent to an activating group) is 1. The van der Waals surface area contributed by atoms with Crippen LogP contribution in [0.1, 0.15) is 6.42 Å². The van der Waals surface area contributed by atoms with E-state index in [0.717, 1.165) is 24.4 Å². The molecule has 90 valence electrons. The average Bonchev–Trinajstić information content (AvgIpc) is 2.35. The highest BCUT2D eigenvalue weighted by atomic mass is 16.1. The lowest BCUT2D eigenvalue weighted by atomic mass is 10.0. The number of para-hydroxylation sites is 1. The summed E-state index contributed by atoms with van der Waals surface area (Å²) in [6.45, 7) is 1.61. The summed E-state index contributed by atoms with van der Waals surface area (Å²) < 4.78 is 0. The first-order valence-corrected chi connectivity index (χ1v) is 5.87. The van der Waals surface area contributed by atoms with Gasteiger partial charge in [0.15, 0.2) is 5.78 Å². The molecule has 2 rings (SSSR count). The fraction of sp³-hybridized carbons (Fsp3) is 0.357. The molecule has 17 heavy (non-hydrogen) atoms. The van der Waals surface area contributed by atoms with E-state index in [0.29, 0.717) is 6.42 Å². The molecule has 0 N–H and O–H groups in total. The molecule has 3 nitrogen and oxygen atoms in total. The maximum Gasteiger partial charge on any atom is 0.162 e. The van der Waals surface area contributed by atoms with Crippen molar-refractivity contribution < 1.29 is 4.79 Å². The first kappa shape index (κ1) is 11.9. The zero-order chi connectivity index (χ0) is 12.3. The number of ketones is 1. The molecular weight excluding hydrogens is 212 g/mol. The number of benzene rings is 1. The molecule has 1 aromatic carbocycles. The van der Waals surface area contributed by atoms with Crippen molar-refractivity contribution in [3.05, 3.63) is 42.1 Å². The van der Waals surface area contributed by atoms with Crippen LogP contribution < -0.4 is 4.90 Å². The summed E-state index contributed by atoms with van der Waals surface area (Å²) in [5, 5.41) is 0. The third kappa shape index (κ3) is 2.94. The summed E-state index contributed by atoms with van der Waals surface area (Å²) in [4.78, 5) is 16.0. The highest BCUT2D eigenvalue weighted by molar-refractivity contribution is 5.96. The molecule has 0 aliphatic carbocycles. The molecule has 0 aromatic heterocycles. The van der Waals surface area contributed by atoms with E-state index in [1.54, 1.807) is 0 Å². The van der Waals surface area contributed by atoms with Crippen molar-refractivity contribution in [2.45, 2.75) is 6.42 Å². The van der Waals surface area contributed by atoms with Crippen molar-refractivity contribution in [3.8, 4) is 0 Å². The molecule has 0 unspecified atom stereocenters. The molecule has 3 heteroatoms. The van der Waals surface area contributed by atoms with E-state index in [4.69, 9.17) is 0 Å². The number of rotatable bonds is 2. The van der Waals surface area contributed by atoms with Gasteiger partial charge in [0.2, 0.25) is 0 Å². The van der Waals surface area contributed by atoms with Crippen molar-refractivity contribution in [2.24, 2.45) is 0 Å². The van der Waals surface area contributed by atoms with Crippen LogP contribution in [0.2, 0.25) is 0 Å². The quantitative estimate of drug-likeness (QED) is 0.725. The zero-order valence-electron chi connectivity index (χ0n) is 10.4. The fourth-order valence-corrected chi connectivity index (χ4v) is 2.00. The van der Waals surface area contributed by atoms with Gasteiger partial charge >= 0.3 is 0 Å². The van der Waals surface area contributed by atoms with Crippen molar-refractivity contribution >= 4 is 11.5 Å². The van der Waals surface area contributed by atoms with E-state index in [1.165, 1.54) is 0 Å². The van der Waals surface area contributed by atoms with E-state index >= 15 is 0 Å². The van der Waals surface area contributed by atoms with Crippen LogP contribution in [-0.4, -0.2) is 37.9 Å². The van der Waals surface area contributed by atoms with Gasteiger partial charge in [-0.3, -0.25) is 4.79 Å². The summed E-state index contributed by atoms with van der Waals surface area (Å²) in [5.74, 6) is 0.269. The molecule has 1 aliphatic rings. The van der Waals surface area contributed by atoms with Gasteiger partial charge in [0, 0.05) is 44.0 Å². The lowest BCUT2D eigenvalue weighted by Crippen LogP contribution is -2.33. The number of anilines is 1. The van der Waals surface area contributed by atoms with Crippen LogP contribution in [-0.2, 0) is 4.79 Å². The topological polar surface area (TPSA) is 23.6 Å². The number of carbonyl (C=O) groups excluding carboxylic acids is 1. The molecule has 0 saturated carbocycles. The summed E-state index contributed by atoms with van der Waals surface area (Å²) in [7, 11) is 4.02. The molecule has 1 saturated heterocycles. The summed E-state index contributed by atoms with van der Waals surface area (Å²) >= 11 is 0. The molecule has 0 radical (unpaired) electrons. The van der Waals surface area contributed by atoms with E-state index < -0.39 is 0 Å². The van der Waals surface area contributed by atoms with Gasteiger partial charge in [-0.15, -0.1) is 0 Å². The van der Waals surface area contributed by atoms with Gasteiger partial charge in [0.05, 0.1) is 0 Å². The van der Waals surface area contributed by atoms with Crippen LogP contribution >= 0.6 is 0 Å². The fourth-order valence-electron chi connectivity index (χ4n) is 2.00. The monoisotopic (exact) mass is 230 g/mol. The molecule has 1 fully saturated rings. The summed E-state index contributed by atoms with van der Waals surface area (Å²) in [5.41, 5.74) is 1.99. The highest BCUT2D eigenvalue weighted by Crippen LogP contribution is 2.16. The van der Waals surface area contributed by atoms with Crippen molar-refractivity contribution in [1.82, 2.24) is 4.90 Å². The number of hydrogen-bond acceptors (Lipinski definition) is 3. The number of likely N-dealkylation sites (tertiary alicyclic amines) is 1. The van der Waals surface area contributed by atoms with Gasteiger partial charge < -0.3 is 9.80 Å². The summed E-state index contributed by atoms with van der Waals surface area (Å²) in [6, 6.07) is 10.1. The normalized spacial score (nSPS) is 19.6. The Morgan fingerprint density at radius 1 is 1.29 bits per heavy atom. The minimum absolute atomic E-state index is 0.269. The first-order chi connectivity index (χ1) is 8.16. The third-order valence-electron chi connectivity index (χ3n) is 3.03. The maximum absolute atomic E-state index is 11.8. The smallest absolute Gasteiger partial charge is 0.162 e. The Bertz CT molecular complexity index is 425. The second-order valence-electron chi connectivity index (χ2n) is 4.51. The number of piperidine rings is 1. The molecule has 1 aromatic rings. The molecule has 0 atom stereocenters. The predicted octanol–water partition coefficient (Wildman–Crippen LogP) is 1.91. The number of carbonyl (C=O) groups is 1. The second kappa shape index (κ2) is 5.15. The van der Waals surface area contributed by atoms with Gasteiger partial charge in [-0.05, 0) is 19.2 Å². The van der Waals surface area contributed by atoms with Gasteiger partial charge in [-0.2, -0.15) is 0 Å². The van der Waals surface area contributed by atoms with E-state index in [-0.39, 0.29) is 5.78 Å². The molecule has 0 bridgehead atoms. The van der Waals surface area contributed by atoms with Gasteiger partial charge in [0.25, 0.3) is 0 Å². The number of Topliss-reactive ketones (excluding diaryl/α,β-unsaturated/α-hetero) is 1. The highest BCUT2D eigenvalue weighted by Gasteiger charge is 2.19. The third-order valence-corrected chi connectivity index (χ3v) is 3.03. The van der Waals surface area contributed by atoms with Crippen LogP contribution in [0.15, 0.2) is 42.1 Å². The minimum Gasteiger partial charge on any atom is -0.351 e. The van der Waals surface area contributed by atoms with Gasteiger partial charge in [0.1, 0.15) is 0 Å². The SMILES string of the molecule is CN1CCC(=O)/C(=C/N(C)c2ccccc2)C1. The van der Waals surface area contributed by atoms with Gasteiger partial charge in [-0.1, -0.05) is 18.2 Å². The molecular formula is C14H18N2O. The second-order valence-corrected chi connectivity index (χ2v) is 4.51. The van der Waals surface area contributed by atoms with E-state index in [1.807, 2.05) is 55.5 Å². The maximum atomic E-state index is 11.8. The molecule has 1 aliphatic heterocycles. The molecule has 0 spiro atoms. The lowest BCUT2D eigenvalue weighted by Gasteiger charge is -2.25. The van der Waals surface area contributed by atoms with Gasteiger partial charge in [-0.25, -0.2) is 0 Å². The Morgan fingerprint density at radius 2 is 2.00 bits per heavy atom. The van der Waals surface area contributed by atoms with Crippen LogP contribution in [0.5, 0.6) is 0 Å². The molecule has 1 heterocycles. The molecule has 0 amide bonds. The Kier molecular flexibility index (Phi) is 3.59. The van der Waals surface area contributed by atoms with E-state index in [2.05, 4.69) is 4.90 Å². The number of hydrogen-bond donors (Lipinski definition) is 0. The largest absolute Gasteiger partial charge is 0.351 e. The first-order valence-electron chi connectivity index (χ1n) is 5.87. The van der Waals surface area contributed by atoms with Crippen molar-refractivity contribution in [3.63, 3.8) is 0 Å². The van der Waals surface area contributed by atoms with Crippen LogP contribution in [0.4, 0.5) is 5.69 Å². The Morgan fingerprint density at radius 3 is 2.71 bits per heavy atom. The van der Waals surface area contributed by atoms with Crippen molar-refractivity contribution in [1.29, 1.82) is 0 Å².